The van der Waals surface area contributed by atoms with Gasteiger partial charge in [-0.15, -0.1) is 12.4 Å². The van der Waals surface area contributed by atoms with Gasteiger partial charge < -0.3 is 10.6 Å². The molecular weight excluding hydrogens is 384 g/mol. The van der Waals surface area contributed by atoms with Crippen molar-refractivity contribution < 1.29 is 13.2 Å². The maximum atomic E-state index is 12.8. The molecular formula is C20H25ClN2O3S. The maximum absolute atomic E-state index is 12.8. The highest BCUT2D eigenvalue weighted by atomic mass is 35.5. The minimum absolute atomic E-state index is 0. The standard InChI is InChI=1S/C20H24N2O3S.ClH/c1-26(24,25)14-15-7-9-17(10-8-15)20(23)22-12-18(11-21)19(13-22)16-5-3-2-4-6-16;/h2-10,18-19H,11-14,21H2,1H3;1H/t18-,19+;/m1./s1. The van der Waals surface area contributed by atoms with Crippen LogP contribution in [-0.2, 0) is 15.6 Å². The first-order valence-corrected chi connectivity index (χ1v) is 10.7. The van der Waals surface area contributed by atoms with Gasteiger partial charge in [0.25, 0.3) is 5.91 Å². The van der Waals surface area contributed by atoms with Gasteiger partial charge in [0.1, 0.15) is 0 Å². The van der Waals surface area contributed by atoms with Crippen molar-refractivity contribution in [3.05, 3.63) is 71.3 Å². The van der Waals surface area contributed by atoms with E-state index < -0.39 is 9.84 Å². The quantitative estimate of drug-likeness (QED) is 0.824. The van der Waals surface area contributed by atoms with Crippen LogP contribution in [0.15, 0.2) is 54.6 Å². The number of nitrogens with two attached hydrogens (primary N) is 1. The molecule has 5 nitrogen and oxygen atoms in total. The SMILES string of the molecule is CS(=O)(=O)Cc1ccc(C(=O)N2C[C@@H](CN)[C@H](c3ccccc3)C2)cc1.Cl. The van der Waals surface area contributed by atoms with Crippen LogP contribution in [0.1, 0.15) is 27.4 Å². The first-order chi connectivity index (χ1) is 12.4. The molecule has 2 atom stereocenters. The van der Waals surface area contributed by atoms with Gasteiger partial charge >= 0.3 is 0 Å². The number of rotatable bonds is 5. The number of carbonyl (C=O) groups excluding carboxylic acids is 1. The molecule has 1 aliphatic rings. The van der Waals surface area contributed by atoms with Crippen LogP contribution in [0, 0.1) is 5.92 Å². The lowest BCUT2D eigenvalue weighted by molar-refractivity contribution is 0.0786. The van der Waals surface area contributed by atoms with E-state index in [0.717, 1.165) is 0 Å². The van der Waals surface area contributed by atoms with Gasteiger partial charge in [0, 0.05) is 30.8 Å². The van der Waals surface area contributed by atoms with E-state index >= 15 is 0 Å². The van der Waals surface area contributed by atoms with Crippen LogP contribution in [0.5, 0.6) is 0 Å². The number of sulfone groups is 1. The van der Waals surface area contributed by atoms with E-state index in [0.29, 0.717) is 30.8 Å². The van der Waals surface area contributed by atoms with E-state index in [1.54, 1.807) is 24.3 Å². The normalized spacial score (nSPS) is 19.6. The van der Waals surface area contributed by atoms with Crippen molar-refractivity contribution in [2.75, 3.05) is 25.9 Å². The number of hydrogen-bond acceptors (Lipinski definition) is 4. The second-order valence-corrected chi connectivity index (χ2v) is 9.13. The lowest BCUT2D eigenvalue weighted by atomic mass is 9.89. The zero-order chi connectivity index (χ0) is 18.7. The third-order valence-corrected chi connectivity index (χ3v) is 5.75. The van der Waals surface area contributed by atoms with E-state index in [1.807, 2.05) is 23.1 Å². The fraction of sp³-hybridized carbons (Fsp3) is 0.350. The van der Waals surface area contributed by atoms with E-state index in [4.69, 9.17) is 5.73 Å². The molecule has 7 heteroatoms. The second-order valence-electron chi connectivity index (χ2n) is 6.99. The minimum atomic E-state index is -3.08. The van der Waals surface area contributed by atoms with Gasteiger partial charge in [-0.1, -0.05) is 42.5 Å². The molecule has 1 aliphatic heterocycles. The Morgan fingerprint density at radius 2 is 1.70 bits per heavy atom. The van der Waals surface area contributed by atoms with E-state index in [2.05, 4.69) is 12.1 Å². The lowest BCUT2D eigenvalue weighted by Crippen LogP contribution is -2.29. The summed E-state index contributed by atoms with van der Waals surface area (Å²) in [7, 11) is -3.08. The van der Waals surface area contributed by atoms with E-state index in [-0.39, 0.29) is 35.9 Å². The summed E-state index contributed by atoms with van der Waals surface area (Å²) in [4.78, 5) is 14.7. The molecule has 2 N–H and O–H groups in total. The van der Waals surface area contributed by atoms with Crippen LogP contribution in [0.3, 0.4) is 0 Å². The molecule has 0 radical (unpaired) electrons. The predicted octanol–water partition coefficient (Wildman–Crippen LogP) is 2.47. The molecule has 0 spiro atoms. The van der Waals surface area contributed by atoms with Gasteiger partial charge in [0.2, 0.25) is 0 Å². The predicted molar refractivity (Wildman–Crippen MR) is 110 cm³/mol. The number of hydrogen-bond donors (Lipinski definition) is 1. The molecule has 0 saturated carbocycles. The highest BCUT2D eigenvalue weighted by Crippen LogP contribution is 2.32. The molecule has 2 aromatic carbocycles. The second kappa shape index (κ2) is 8.87. The fourth-order valence-electron chi connectivity index (χ4n) is 3.58. The van der Waals surface area contributed by atoms with Crippen LogP contribution in [0.2, 0.25) is 0 Å². The summed E-state index contributed by atoms with van der Waals surface area (Å²) < 4.78 is 22.8. The molecule has 1 amide bonds. The molecule has 0 aromatic heterocycles. The van der Waals surface area contributed by atoms with Gasteiger partial charge in [-0.2, -0.15) is 0 Å². The van der Waals surface area contributed by atoms with Crippen LogP contribution >= 0.6 is 12.4 Å². The van der Waals surface area contributed by atoms with Gasteiger partial charge in [0.15, 0.2) is 9.84 Å². The zero-order valence-electron chi connectivity index (χ0n) is 15.2. The Morgan fingerprint density at radius 1 is 1.07 bits per heavy atom. The first kappa shape index (κ1) is 21.4. The lowest BCUT2D eigenvalue weighted by Gasteiger charge is -2.17. The topological polar surface area (TPSA) is 80.5 Å². The van der Waals surface area contributed by atoms with Crippen LogP contribution in [-0.4, -0.2) is 45.1 Å². The summed E-state index contributed by atoms with van der Waals surface area (Å²) >= 11 is 0. The summed E-state index contributed by atoms with van der Waals surface area (Å²) in [5, 5.41) is 0. The van der Waals surface area contributed by atoms with E-state index in [9.17, 15) is 13.2 Å². The summed E-state index contributed by atoms with van der Waals surface area (Å²) in [6, 6.07) is 17.0. The number of halogens is 1. The minimum Gasteiger partial charge on any atom is -0.338 e. The van der Waals surface area contributed by atoms with Crippen molar-refractivity contribution in [1.29, 1.82) is 0 Å². The molecule has 1 fully saturated rings. The van der Waals surface area contributed by atoms with Crippen LogP contribution < -0.4 is 5.73 Å². The van der Waals surface area contributed by atoms with Gasteiger partial charge in [-0.3, -0.25) is 4.79 Å². The average Bonchev–Trinajstić information content (AvgIpc) is 3.05. The number of amides is 1. The summed E-state index contributed by atoms with van der Waals surface area (Å²) in [6.45, 7) is 1.83. The van der Waals surface area contributed by atoms with Crippen molar-refractivity contribution in [2.24, 2.45) is 11.7 Å². The molecule has 0 bridgehead atoms. The third-order valence-electron chi connectivity index (χ3n) is 4.89. The van der Waals surface area contributed by atoms with Crippen molar-refractivity contribution in [2.45, 2.75) is 11.7 Å². The maximum Gasteiger partial charge on any atom is 0.253 e. The summed E-state index contributed by atoms with van der Waals surface area (Å²) in [6.07, 6.45) is 1.20. The smallest absolute Gasteiger partial charge is 0.253 e. The Balaban J connectivity index is 0.00000261. The Hall–Kier alpha value is -1.89. The Labute approximate surface area is 166 Å². The van der Waals surface area contributed by atoms with E-state index in [1.165, 1.54) is 11.8 Å². The first-order valence-electron chi connectivity index (χ1n) is 8.68. The van der Waals surface area contributed by atoms with Crippen molar-refractivity contribution in [3.63, 3.8) is 0 Å². The molecule has 27 heavy (non-hydrogen) atoms. The zero-order valence-corrected chi connectivity index (χ0v) is 16.9. The van der Waals surface area contributed by atoms with Crippen molar-refractivity contribution >= 4 is 28.2 Å². The number of benzene rings is 2. The van der Waals surface area contributed by atoms with Crippen molar-refractivity contribution in [1.82, 2.24) is 4.90 Å². The van der Waals surface area contributed by atoms with Gasteiger partial charge in [0.05, 0.1) is 5.75 Å². The average molecular weight is 409 g/mol. The fourth-order valence-corrected chi connectivity index (χ4v) is 4.38. The molecule has 146 valence electrons. The molecule has 3 rings (SSSR count). The van der Waals surface area contributed by atoms with Gasteiger partial charge in [-0.05, 0) is 35.7 Å². The number of carbonyl (C=O) groups is 1. The molecule has 0 unspecified atom stereocenters. The van der Waals surface area contributed by atoms with Crippen LogP contribution in [0.4, 0.5) is 0 Å². The Bertz CT molecular complexity index is 870. The monoisotopic (exact) mass is 408 g/mol. The van der Waals surface area contributed by atoms with Gasteiger partial charge in [-0.25, -0.2) is 8.42 Å². The summed E-state index contributed by atoms with van der Waals surface area (Å²) in [5.41, 5.74) is 8.42. The Morgan fingerprint density at radius 3 is 2.26 bits per heavy atom. The highest BCUT2D eigenvalue weighted by molar-refractivity contribution is 7.89. The summed E-state index contributed by atoms with van der Waals surface area (Å²) in [5.74, 6) is 0.435. The molecule has 0 aliphatic carbocycles. The van der Waals surface area contributed by atoms with Crippen molar-refractivity contribution in [3.8, 4) is 0 Å². The third kappa shape index (κ3) is 5.31. The van der Waals surface area contributed by atoms with Crippen LogP contribution in [0.25, 0.3) is 0 Å². The largest absolute Gasteiger partial charge is 0.338 e. The molecule has 1 saturated heterocycles. The Kier molecular flexibility index (Phi) is 7.03. The number of likely N-dealkylation sites (tertiary alicyclic amines) is 1. The molecule has 1 heterocycles. The molecule has 2 aromatic rings. The number of nitrogens with zero attached hydrogens (tertiary/aromatic N) is 1. The highest BCUT2D eigenvalue weighted by Gasteiger charge is 2.35.